The van der Waals surface area contributed by atoms with Crippen molar-refractivity contribution in [3.05, 3.63) is 104 Å². The van der Waals surface area contributed by atoms with E-state index in [1.165, 1.54) is 11.6 Å². The summed E-state index contributed by atoms with van der Waals surface area (Å²) in [4.78, 5) is 28.6. The van der Waals surface area contributed by atoms with Gasteiger partial charge in [0.2, 0.25) is 5.56 Å². The first-order valence-corrected chi connectivity index (χ1v) is 11.7. The summed E-state index contributed by atoms with van der Waals surface area (Å²) in [7, 11) is 1.73. The Hall–Kier alpha value is -2.89. The number of amides is 1. The number of rotatable bonds is 7. The van der Waals surface area contributed by atoms with Crippen LogP contribution in [0.3, 0.4) is 0 Å². The Kier molecular flexibility index (Phi) is 7.31. The van der Waals surface area contributed by atoms with Crippen LogP contribution >= 0.6 is 11.6 Å². The minimum atomic E-state index is -0.456. The number of hydrogen-bond donors (Lipinski definition) is 2. The number of carbonyl (C=O) groups is 1. The van der Waals surface area contributed by atoms with Crippen molar-refractivity contribution in [3.63, 3.8) is 0 Å². The number of aromatic amines is 1. The highest BCUT2D eigenvalue weighted by Gasteiger charge is 2.30. The third-order valence-corrected chi connectivity index (χ3v) is 6.80. The molecule has 1 aliphatic rings. The van der Waals surface area contributed by atoms with Gasteiger partial charge in [-0.2, -0.15) is 0 Å². The Labute approximate surface area is 199 Å². The summed E-state index contributed by atoms with van der Waals surface area (Å²) < 4.78 is 0. The molecule has 1 aliphatic carbocycles. The number of carbonyl (C=O) groups excluding carboxylic acids is 1. The first-order chi connectivity index (χ1) is 15.9. The fourth-order valence-electron chi connectivity index (χ4n) is 4.77. The van der Waals surface area contributed by atoms with Crippen molar-refractivity contribution >= 4 is 17.5 Å². The molecule has 1 heterocycles. The first kappa shape index (κ1) is 23.3. The predicted octanol–water partition coefficient (Wildman–Crippen LogP) is 4.99. The van der Waals surface area contributed by atoms with Gasteiger partial charge in [0.15, 0.2) is 0 Å². The normalized spacial score (nSPS) is 18.8. The molecule has 1 aromatic heterocycles. The number of aliphatic hydroxyl groups excluding tert-OH is 1. The van der Waals surface area contributed by atoms with Gasteiger partial charge in [-0.05, 0) is 79.0 Å². The van der Waals surface area contributed by atoms with Gasteiger partial charge in [0.25, 0.3) is 5.91 Å². The van der Waals surface area contributed by atoms with Crippen LogP contribution < -0.4 is 5.56 Å². The highest BCUT2D eigenvalue weighted by Crippen LogP contribution is 2.40. The number of nitrogens with one attached hydrogen (secondary N) is 1. The minimum absolute atomic E-state index is 0.0849. The zero-order valence-corrected chi connectivity index (χ0v) is 19.5. The molecule has 0 bridgehead atoms. The van der Waals surface area contributed by atoms with Crippen LogP contribution in [-0.4, -0.2) is 27.9 Å². The molecular formula is C27H29ClN2O3. The average molecular weight is 465 g/mol. The average Bonchev–Trinajstić information content (AvgIpc) is 3.27. The third kappa shape index (κ3) is 5.92. The van der Waals surface area contributed by atoms with Crippen LogP contribution in [0.5, 0.6) is 0 Å². The zero-order chi connectivity index (χ0) is 23.4. The van der Waals surface area contributed by atoms with Gasteiger partial charge >= 0.3 is 0 Å². The van der Waals surface area contributed by atoms with Gasteiger partial charge in [0, 0.05) is 29.4 Å². The number of aliphatic hydroxyl groups is 1. The Morgan fingerprint density at radius 2 is 1.82 bits per heavy atom. The van der Waals surface area contributed by atoms with E-state index in [1.807, 2.05) is 48.5 Å². The number of nitrogens with zero attached hydrogens (tertiary/aromatic N) is 1. The molecule has 0 saturated heterocycles. The van der Waals surface area contributed by atoms with Crippen molar-refractivity contribution in [2.24, 2.45) is 11.8 Å². The summed E-state index contributed by atoms with van der Waals surface area (Å²) in [6, 6.07) is 20.2. The monoisotopic (exact) mass is 464 g/mol. The van der Waals surface area contributed by atoms with Crippen molar-refractivity contribution in [1.29, 1.82) is 0 Å². The van der Waals surface area contributed by atoms with Crippen LogP contribution in [0.1, 0.15) is 52.5 Å². The van der Waals surface area contributed by atoms with Gasteiger partial charge in [-0.25, -0.2) is 0 Å². The van der Waals surface area contributed by atoms with Gasteiger partial charge in [-0.1, -0.05) is 41.9 Å². The fourth-order valence-corrected chi connectivity index (χ4v) is 4.89. The lowest BCUT2D eigenvalue weighted by molar-refractivity contribution is 0.0783. The van der Waals surface area contributed by atoms with Gasteiger partial charge < -0.3 is 15.0 Å². The SMILES string of the molecule is CN(Cc1cccc(=O)[nH]1)C(=O)c1ccc(C[C@@H]2CC[C@H]([C@H](O)c3ccc(Cl)cc3)C2)cc1. The Morgan fingerprint density at radius 1 is 1.09 bits per heavy atom. The number of hydrogen-bond acceptors (Lipinski definition) is 3. The maximum atomic E-state index is 12.8. The largest absolute Gasteiger partial charge is 0.388 e. The third-order valence-electron chi connectivity index (χ3n) is 6.55. The first-order valence-electron chi connectivity index (χ1n) is 11.3. The van der Waals surface area contributed by atoms with E-state index in [-0.39, 0.29) is 17.4 Å². The summed E-state index contributed by atoms with van der Waals surface area (Å²) in [5, 5.41) is 11.4. The van der Waals surface area contributed by atoms with E-state index in [9.17, 15) is 14.7 Å². The fraction of sp³-hybridized carbons (Fsp3) is 0.333. The van der Waals surface area contributed by atoms with E-state index < -0.39 is 6.10 Å². The molecule has 0 spiro atoms. The predicted molar refractivity (Wildman–Crippen MR) is 130 cm³/mol. The second kappa shape index (κ2) is 10.4. The molecule has 0 unspecified atom stereocenters. The number of H-pyrrole nitrogens is 1. The summed E-state index contributed by atoms with van der Waals surface area (Å²) in [6.45, 7) is 0.343. The van der Waals surface area contributed by atoms with Crippen molar-refractivity contribution < 1.29 is 9.90 Å². The van der Waals surface area contributed by atoms with E-state index >= 15 is 0 Å². The Balaban J connectivity index is 1.31. The summed E-state index contributed by atoms with van der Waals surface area (Å²) in [5.41, 5.74) is 3.28. The number of pyridine rings is 1. The number of aromatic nitrogens is 1. The molecular weight excluding hydrogens is 436 g/mol. The van der Waals surface area contributed by atoms with Gasteiger partial charge in [-0.3, -0.25) is 9.59 Å². The molecule has 1 amide bonds. The standard InChI is InChI=1S/C27H29ClN2O3/c1-30(17-24-3-2-4-25(31)29-24)27(33)21-8-5-18(6-9-21)15-19-7-10-22(16-19)26(32)20-11-13-23(28)14-12-20/h2-6,8-9,11-14,19,22,26,32H,7,10,15-17H2,1H3,(H,29,31)/t19-,22-,26+/m0/s1. The second-order valence-electron chi connectivity index (χ2n) is 9.04. The van der Waals surface area contributed by atoms with Gasteiger partial charge in [0.05, 0.1) is 12.6 Å². The maximum absolute atomic E-state index is 12.8. The highest BCUT2D eigenvalue weighted by molar-refractivity contribution is 6.30. The van der Waals surface area contributed by atoms with Crippen molar-refractivity contribution in [2.75, 3.05) is 7.05 Å². The quantitative estimate of drug-likeness (QED) is 0.517. The molecule has 5 nitrogen and oxygen atoms in total. The molecule has 33 heavy (non-hydrogen) atoms. The number of benzene rings is 2. The molecule has 1 fully saturated rings. The van der Waals surface area contributed by atoms with Crippen molar-refractivity contribution in [3.8, 4) is 0 Å². The van der Waals surface area contributed by atoms with Crippen molar-refractivity contribution in [1.82, 2.24) is 9.88 Å². The van der Waals surface area contributed by atoms with E-state index in [1.54, 1.807) is 24.1 Å². The summed E-state index contributed by atoms with van der Waals surface area (Å²) in [6.07, 6.45) is 3.58. The lowest BCUT2D eigenvalue weighted by Gasteiger charge is -2.19. The summed E-state index contributed by atoms with van der Waals surface area (Å²) in [5.74, 6) is 0.699. The second-order valence-corrected chi connectivity index (χ2v) is 9.47. The zero-order valence-electron chi connectivity index (χ0n) is 18.7. The van der Waals surface area contributed by atoms with Gasteiger partial charge in [0.1, 0.15) is 0 Å². The molecule has 0 radical (unpaired) electrons. The van der Waals surface area contributed by atoms with Crippen LogP contribution in [0.2, 0.25) is 5.02 Å². The van der Waals surface area contributed by atoms with E-state index in [2.05, 4.69) is 4.98 Å². The van der Waals surface area contributed by atoms with Crippen LogP contribution in [0.15, 0.2) is 71.5 Å². The van der Waals surface area contributed by atoms with E-state index in [4.69, 9.17) is 11.6 Å². The molecule has 3 aromatic rings. The number of halogens is 1. The lowest BCUT2D eigenvalue weighted by atomic mass is 9.91. The highest BCUT2D eigenvalue weighted by atomic mass is 35.5. The lowest BCUT2D eigenvalue weighted by Crippen LogP contribution is -2.27. The molecule has 6 heteroatoms. The Bertz CT molecular complexity index is 1140. The van der Waals surface area contributed by atoms with Crippen LogP contribution in [0.4, 0.5) is 0 Å². The van der Waals surface area contributed by atoms with Crippen LogP contribution in [-0.2, 0) is 13.0 Å². The molecule has 4 rings (SSSR count). The maximum Gasteiger partial charge on any atom is 0.253 e. The molecule has 3 atom stereocenters. The minimum Gasteiger partial charge on any atom is -0.388 e. The van der Waals surface area contributed by atoms with Crippen LogP contribution in [0, 0.1) is 11.8 Å². The van der Waals surface area contributed by atoms with Crippen molar-refractivity contribution in [2.45, 2.75) is 38.3 Å². The molecule has 2 aromatic carbocycles. The summed E-state index contributed by atoms with van der Waals surface area (Å²) >= 11 is 5.96. The molecule has 1 saturated carbocycles. The van der Waals surface area contributed by atoms with E-state index in [0.29, 0.717) is 28.7 Å². The molecule has 172 valence electrons. The van der Waals surface area contributed by atoms with Gasteiger partial charge in [-0.15, -0.1) is 0 Å². The van der Waals surface area contributed by atoms with E-state index in [0.717, 1.165) is 31.2 Å². The van der Waals surface area contributed by atoms with Crippen LogP contribution in [0.25, 0.3) is 0 Å². The molecule has 2 N–H and O–H groups in total. The topological polar surface area (TPSA) is 73.4 Å². The smallest absolute Gasteiger partial charge is 0.253 e. The Morgan fingerprint density at radius 3 is 2.52 bits per heavy atom. The molecule has 0 aliphatic heterocycles.